The lowest BCUT2D eigenvalue weighted by Gasteiger charge is -2.15. The lowest BCUT2D eigenvalue weighted by molar-refractivity contribution is -0.146. The van der Waals surface area contributed by atoms with Gasteiger partial charge in [0.15, 0.2) is 0 Å². The first-order valence-corrected chi connectivity index (χ1v) is 5.59. The Balaban J connectivity index is 2.70. The van der Waals surface area contributed by atoms with Gasteiger partial charge in [-0.05, 0) is 20.4 Å². The molecule has 0 saturated heterocycles. The summed E-state index contributed by atoms with van der Waals surface area (Å²) in [6.45, 7) is 7.59. The molecule has 5 heteroatoms. The Morgan fingerprint density at radius 2 is 2.38 bits per heavy atom. The van der Waals surface area contributed by atoms with Crippen LogP contribution < -0.4 is 5.32 Å². The van der Waals surface area contributed by atoms with Gasteiger partial charge in [-0.3, -0.25) is 0 Å². The van der Waals surface area contributed by atoms with Crippen LogP contribution in [0.2, 0.25) is 0 Å². The van der Waals surface area contributed by atoms with Crippen LogP contribution in [0.3, 0.4) is 0 Å². The summed E-state index contributed by atoms with van der Waals surface area (Å²) >= 11 is 0. The van der Waals surface area contributed by atoms with Gasteiger partial charge >= 0.3 is 5.97 Å². The second-order valence-electron chi connectivity index (χ2n) is 3.46. The van der Waals surface area contributed by atoms with Gasteiger partial charge in [-0.1, -0.05) is 6.92 Å². The fraction of sp³-hybridized carbons (Fsp3) is 0.636. The number of hydrogen-bond donors (Lipinski definition) is 1. The van der Waals surface area contributed by atoms with Crippen LogP contribution in [0.1, 0.15) is 32.6 Å². The number of nitrogens with zero attached hydrogens (tertiary/aromatic N) is 2. The number of hydrogen-bond acceptors (Lipinski definition) is 4. The van der Waals surface area contributed by atoms with Crippen molar-refractivity contribution in [3.8, 4) is 0 Å². The number of nitrogens with one attached hydrogen (secondary N) is 1. The van der Waals surface area contributed by atoms with Crippen LogP contribution in [0.25, 0.3) is 0 Å². The molecule has 0 radical (unpaired) electrons. The van der Waals surface area contributed by atoms with Gasteiger partial charge < -0.3 is 14.6 Å². The molecule has 90 valence electrons. The molecular formula is C11H19N3O2. The Hall–Kier alpha value is -1.36. The molecule has 1 aromatic heterocycles. The van der Waals surface area contributed by atoms with Gasteiger partial charge in [0.05, 0.1) is 13.2 Å². The molecule has 1 atom stereocenters. The minimum Gasteiger partial charge on any atom is -0.464 e. The first-order chi connectivity index (χ1) is 7.70. The van der Waals surface area contributed by atoms with E-state index in [0.29, 0.717) is 13.2 Å². The molecule has 0 aliphatic rings. The maximum atomic E-state index is 11.6. The SMILES string of the molecule is CCNCc1nccn1C(C)C(=O)OCC. The van der Waals surface area contributed by atoms with Gasteiger partial charge in [-0.2, -0.15) is 0 Å². The zero-order valence-corrected chi connectivity index (χ0v) is 10.1. The molecule has 0 aromatic carbocycles. The zero-order chi connectivity index (χ0) is 12.0. The highest BCUT2D eigenvalue weighted by Crippen LogP contribution is 2.11. The summed E-state index contributed by atoms with van der Waals surface area (Å²) in [7, 11) is 0. The highest BCUT2D eigenvalue weighted by atomic mass is 16.5. The molecule has 1 rings (SSSR count). The molecule has 0 saturated carbocycles. The number of carbonyl (C=O) groups is 1. The molecule has 0 spiro atoms. The summed E-state index contributed by atoms with van der Waals surface area (Å²) in [6.07, 6.45) is 3.50. The van der Waals surface area contributed by atoms with Gasteiger partial charge in [0, 0.05) is 12.4 Å². The number of esters is 1. The summed E-state index contributed by atoms with van der Waals surface area (Å²) in [4.78, 5) is 15.8. The Bertz CT molecular complexity index is 336. The lowest BCUT2D eigenvalue weighted by Crippen LogP contribution is -2.23. The minimum absolute atomic E-state index is 0.224. The fourth-order valence-electron chi connectivity index (χ4n) is 1.45. The van der Waals surface area contributed by atoms with E-state index in [1.165, 1.54) is 0 Å². The molecule has 0 aliphatic carbocycles. The molecule has 1 aromatic rings. The second-order valence-corrected chi connectivity index (χ2v) is 3.46. The summed E-state index contributed by atoms with van der Waals surface area (Å²) < 4.78 is 6.81. The van der Waals surface area contributed by atoms with Crippen molar-refractivity contribution in [2.24, 2.45) is 0 Å². The number of aromatic nitrogens is 2. The molecule has 0 aliphatic heterocycles. The summed E-state index contributed by atoms with van der Waals surface area (Å²) in [5.74, 6) is 0.626. The monoisotopic (exact) mass is 225 g/mol. The van der Waals surface area contributed by atoms with Crippen LogP contribution in [0.5, 0.6) is 0 Å². The quantitative estimate of drug-likeness (QED) is 0.737. The first-order valence-electron chi connectivity index (χ1n) is 5.59. The number of rotatable bonds is 6. The second kappa shape index (κ2) is 6.27. The largest absolute Gasteiger partial charge is 0.464 e. The number of carbonyl (C=O) groups excluding carboxylic acids is 1. The summed E-state index contributed by atoms with van der Waals surface area (Å²) in [5, 5.41) is 3.18. The van der Waals surface area contributed by atoms with Gasteiger partial charge in [-0.15, -0.1) is 0 Å². The Morgan fingerprint density at radius 1 is 1.62 bits per heavy atom. The third-order valence-electron chi connectivity index (χ3n) is 2.33. The van der Waals surface area contributed by atoms with E-state index < -0.39 is 0 Å². The average Bonchev–Trinajstić information content (AvgIpc) is 2.73. The van der Waals surface area contributed by atoms with E-state index in [1.807, 2.05) is 18.4 Å². The molecule has 1 heterocycles. The minimum atomic E-state index is -0.323. The van der Waals surface area contributed by atoms with E-state index in [9.17, 15) is 4.79 Å². The van der Waals surface area contributed by atoms with Gasteiger partial charge in [0.1, 0.15) is 11.9 Å². The highest BCUT2D eigenvalue weighted by molar-refractivity contribution is 5.73. The van der Waals surface area contributed by atoms with E-state index in [2.05, 4.69) is 10.3 Å². The predicted octanol–water partition coefficient (Wildman–Crippen LogP) is 1.12. The fourth-order valence-corrected chi connectivity index (χ4v) is 1.45. The summed E-state index contributed by atoms with van der Waals surface area (Å²) in [5.41, 5.74) is 0. The van der Waals surface area contributed by atoms with Gasteiger partial charge in [0.2, 0.25) is 0 Å². The van der Waals surface area contributed by atoms with Crippen LogP contribution in [-0.2, 0) is 16.1 Å². The van der Waals surface area contributed by atoms with Gasteiger partial charge in [0.25, 0.3) is 0 Å². The highest BCUT2D eigenvalue weighted by Gasteiger charge is 2.18. The van der Waals surface area contributed by atoms with Crippen molar-refractivity contribution < 1.29 is 9.53 Å². The smallest absolute Gasteiger partial charge is 0.328 e. The Labute approximate surface area is 95.8 Å². The standard InChI is InChI=1S/C11H19N3O2/c1-4-12-8-10-13-6-7-14(10)9(3)11(15)16-5-2/h6-7,9,12H,4-5,8H2,1-3H3. The van der Waals surface area contributed by atoms with Crippen LogP contribution in [-0.4, -0.2) is 28.7 Å². The van der Waals surface area contributed by atoms with Crippen molar-refractivity contribution in [2.75, 3.05) is 13.2 Å². The zero-order valence-electron chi connectivity index (χ0n) is 10.1. The number of imidazole rings is 1. The lowest BCUT2D eigenvalue weighted by atomic mass is 10.3. The first kappa shape index (κ1) is 12.7. The van der Waals surface area contributed by atoms with Crippen LogP contribution in [0, 0.1) is 0 Å². The average molecular weight is 225 g/mol. The van der Waals surface area contributed by atoms with Crippen LogP contribution in [0.4, 0.5) is 0 Å². The molecule has 0 fully saturated rings. The van der Waals surface area contributed by atoms with Gasteiger partial charge in [-0.25, -0.2) is 9.78 Å². The Morgan fingerprint density at radius 3 is 3.00 bits per heavy atom. The molecule has 1 N–H and O–H groups in total. The molecule has 16 heavy (non-hydrogen) atoms. The summed E-state index contributed by atoms with van der Waals surface area (Å²) in [6, 6.07) is -0.323. The third-order valence-corrected chi connectivity index (χ3v) is 2.33. The predicted molar refractivity (Wildman–Crippen MR) is 61.0 cm³/mol. The molecule has 5 nitrogen and oxygen atoms in total. The number of ether oxygens (including phenoxy) is 1. The van der Waals surface area contributed by atoms with E-state index >= 15 is 0 Å². The van der Waals surface area contributed by atoms with Crippen LogP contribution >= 0.6 is 0 Å². The third kappa shape index (κ3) is 3.06. The van der Waals surface area contributed by atoms with Crippen molar-refractivity contribution in [1.82, 2.24) is 14.9 Å². The van der Waals surface area contributed by atoms with Crippen molar-refractivity contribution in [3.63, 3.8) is 0 Å². The molecular weight excluding hydrogens is 206 g/mol. The van der Waals surface area contributed by atoms with E-state index in [4.69, 9.17) is 4.74 Å². The maximum Gasteiger partial charge on any atom is 0.328 e. The van der Waals surface area contributed by atoms with Crippen LogP contribution in [0.15, 0.2) is 12.4 Å². The molecule has 0 amide bonds. The Kier molecular flexibility index (Phi) is 4.98. The van der Waals surface area contributed by atoms with Crippen molar-refractivity contribution >= 4 is 5.97 Å². The normalized spacial score (nSPS) is 12.4. The molecule has 0 bridgehead atoms. The van der Waals surface area contributed by atoms with Crippen molar-refractivity contribution in [1.29, 1.82) is 0 Å². The van der Waals surface area contributed by atoms with Crippen molar-refractivity contribution in [3.05, 3.63) is 18.2 Å². The topological polar surface area (TPSA) is 56.2 Å². The van der Waals surface area contributed by atoms with E-state index in [-0.39, 0.29) is 12.0 Å². The maximum absolute atomic E-state index is 11.6. The van der Waals surface area contributed by atoms with E-state index in [0.717, 1.165) is 12.4 Å². The van der Waals surface area contributed by atoms with E-state index in [1.54, 1.807) is 19.3 Å². The van der Waals surface area contributed by atoms with Crippen molar-refractivity contribution in [2.45, 2.75) is 33.4 Å². The molecule has 1 unspecified atom stereocenters.